The number of hydrogen-bond donors (Lipinski definition) is 1. The van der Waals surface area contributed by atoms with E-state index in [4.69, 9.17) is 15.7 Å². The van der Waals surface area contributed by atoms with Crippen molar-refractivity contribution < 1.29 is 4.74 Å². The van der Waals surface area contributed by atoms with Gasteiger partial charge < -0.3 is 10.5 Å². The van der Waals surface area contributed by atoms with Crippen LogP contribution in [0.2, 0.25) is 0 Å². The fourth-order valence-electron chi connectivity index (χ4n) is 1.33. The highest BCUT2D eigenvalue weighted by molar-refractivity contribution is 4.88. The molecule has 3 heteroatoms. The number of rotatable bonds is 2. The summed E-state index contributed by atoms with van der Waals surface area (Å²) in [6.45, 7) is 0.836. The van der Waals surface area contributed by atoms with Crippen molar-refractivity contribution in [2.45, 2.75) is 37.8 Å². The fraction of sp³-hybridized carbons (Fsp3) is 0.875. The van der Waals surface area contributed by atoms with Gasteiger partial charge in [-0.1, -0.05) is 0 Å². The van der Waals surface area contributed by atoms with Crippen LogP contribution < -0.4 is 5.73 Å². The zero-order valence-electron chi connectivity index (χ0n) is 6.62. The van der Waals surface area contributed by atoms with E-state index in [-0.39, 0.29) is 12.1 Å². The summed E-state index contributed by atoms with van der Waals surface area (Å²) in [5.74, 6) is 0. The van der Waals surface area contributed by atoms with Crippen molar-refractivity contribution in [1.82, 2.24) is 0 Å². The highest BCUT2D eigenvalue weighted by Gasteiger charge is 2.16. The maximum atomic E-state index is 8.43. The molecule has 1 aliphatic heterocycles. The Morgan fingerprint density at radius 1 is 1.64 bits per heavy atom. The molecule has 1 saturated heterocycles. The van der Waals surface area contributed by atoms with E-state index in [1.165, 1.54) is 6.42 Å². The van der Waals surface area contributed by atoms with Gasteiger partial charge in [0.25, 0.3) is 0 Å². The molecule has 62 valence electrons. The zero-order chi connectivity index (χ0) is 8.10. The van der Waals surface area contributed by atoms with Crippen LogP contribution in [0.25, 0.3) is 0 Å². The third kappa shape index (κ3) is 2.87. The Morgan fingerprint density at radius 3 is 3.00 bits per heavy atom. The number of hydrogen-bond acceptors (Lipinski definition) is 3. The largest absolute Gasteiger partial charge is 0.378 e. The van der Waals surface area contributed by atoms with Crippen LogP contribution in [0.1, 0.15) is 25.7 Å². The van der Waals surface area contributed by atoms with Crippen LogP contribution in [0.15, 0.2) is 0 Å². The van der Waals surface area contributed by atoms with Gasteiger partial charge in [-0.05, 0) is 19.3 Å². The van der Waals surface area contributed by atoms with Crippen molar-refractivity contribution in [2.24, 2.45) is 5.73 Å². The lowest BCUT2D eigenvalue weighted by atomic mass is 10.0. The molecule has 0 spiro atoms. The second kappa shape index (κ2) is 4.32. The molecule has 0 bridgehead atoms. The van der Waals surface area contributed by atoms with E-state index in [0.717, 1.165) is 19.4 Å². The van der Waals surface area contributed by atoms with Crippen LogP contribution in [0.3, 0.4) is 0 Å². The van der Waals surface area contributed by atoms with Gasteiger partial charge in [0.2, 0.25) is 0 Å². The first-order valence-corrected chi connectivity index (χ1v) is 4.09. The Hall–Kier alpha value is -0.590. The fourth-order valence-corrected chi connectivity index (χ4v) is 1.33. The summed E-state index contributed by atoms with van der Waals surface area (Å²) in [4.78, 5) is 0. The molecule has 1 heterocycles. The molecule has 0 radical (unpaired) electrons. The van der Waals surface area contributed by atoms with Crippen molar-refractivity contribution in [2.75, 3.05) is 6.61 Å². The summed E-state index contributed by atoms with van der Waals surface area (Å²) in [5, 5.41) is 8.43. The average Bonchev–Trinajstić information content (AvgIpc) is 2.06. The topological polar surface area (TPSA) is 59.0 Å². The van der Waals surface area contributed by atoms with Crippen molar-refractivity contribution >= 4 is 0 Å². The van der Waals surface area contributed by atoms with Gasteiger partial charge in [0, 0.05) is 13.0 Å². The van der Waals surface area contributed by atoms with Crippen molar-refractivity contribution in [1.29, 1.82) is 5.26 Å². The third-order valence-electron chi connectivity index (χ3n) is 1.96. The molecule has 1 fully saturated rings. The number of ether oxygens (including phenoxy) is 1. The van der Waals surface area contributed by atoms with Crippen LogP contribution >= 0.6 is 0 Å². The van der Waals surface area contributed by atoms with Gasteiger partial charge in [-0.25, -0.2) is 0 Å². The van der Waals surface area contributed by atoms with Crippen molar-refractivity contribution in [3.63, 3.8) is 0 Å². The average molecular weight is 154 g/mol. The van der Waals surface area contributed by atoms with E-state index in [2.05, 4.69) is 0 Å². The first-order valence-electron chi connectivity index (χ1n) is 4.09. The highest BCUT2D eigenvalue weighted by Crippen LogP contribution is 2.16. The standard InChI is InChI=1S/C8H14N2O/c9-6-7(10)5-8-3-1-2-4-11-8/h7-8H,1-5,10H2/t7-,8-/m0/s1. The smallest absolute Gasteiger partial charge is 0.0952 e. The van der Waals surface area contributed by atoms with Gasteiger partial charge in [-0.2, -0.15) is 5.26 Å². The van der Waals surface area contributed by atoms with Crippen molar-refractivity contribution in [3.05, 3.63) is 0 Å². The van der Waals surface area contributed by atoms with E-state index in [1.807, 2.05) is 6.07 Å². The second-order valence-corrected chi connectivity index (χ2v) is 2.96. The minimum Gasteiger partial charge on any atom is -0.378 e. The Bertz CT molecular complexity index is 147. The Kier molecular flexibility index (Phi) is 3.34. The van der Waals surface area contributed by atoms with Crippen LogP contribution in [0.5, 0.6) is 0 Å². The summed E-state index contributed by atoms with van der Waals surface area (Å²) in [6, 6.07) is 1.66. The molecule has 11 heavy (non-hydrogen) atoms. The first kappa shape index (κ1) is 8.51. The minimum absolute atomic E-state index is 0.235. The SMILES string of the molecule is N#C[C@@H](N)C[C@@H]1CCCCO1. The maximum absolute atomic E-state index is 8.43. The molecule has 0 aromatic rings. The Morgan fingerprint density at radius 2 is 2.45 bits per heavy atom. The predicted molar refractivity (Wildman–Crippen MR) is 41.8 cm³/mol. The van der Waals surface area contributed by atoms with Gasteiger partial charge in [0.1, 0.15) is 0 Å². The van der Waals surface area contributed by atoms with Crippen molar-refractivity contribution in [3.8, 4) is 6.07 Å². The molecule has 0 aromatic heterocycles. The number of nitrogens with two attached hydrogens (primary N) is 1. The predicted octanol–water partition coefficient (Wildman–Crippen LogP) is 0.796. The van der Waals surface area contributed by atoms with Crippen LogP contribution in [0.4, 0.5) is 0 Å². The van der Waals surface area contributed by atoms with Crippen LogP contribution in [-0.4, -0.2) is 18.8 Å². The zero-order valence-corrected chi connectivity index (χ0v) is 6.62. The molecular weight excluding hydrogens is 140 g/mol. The number of nitriles is 1. The Labute approximate surface area is 67.1 Å². The summed E-state index contributed by atoms with van der Waals surface area (Å²) in [5.41, 5.74) is 5.46. The molecule has 2 N–H and O–H groups in total. The monoisotopic (exact) mass is 154 g/mol. The van der Waals surface area contributed by atoms with Gasteiger partial charge in [-0.15, -0.1) is 0 Å². The third-order valence-corrected chi connectivity index (χ3v) is 1.96. The molecule has 0 aliphatic carbocycles. The lowest BCUT2D eigenvalue weighted by Gasteiger charge is -2.22. The van der Waals surface area contributed by atoms with Gasteiger partial charge in [0.05, 0.1) is 18.2 Å². The van der Waals surface area contributed by atoms with Crippen LogP contribution in [-0.2, 0) is 4.74 Å². The summed E-state index contributed by atoms with van der Waals surface area (Å²) >= 11 is 0. The van der Waals surface area contributed by atoms with E-state index in [0.29, 0.717) is 6.42 Å². The molecule has 0 unspecified atom stereocenters. The van der Waals surface area contributed by atoms with E-state index >= 15 is 0 Å². The molecule has 3 nitrogen and oxygen atoms in total. The lowest BCUT2D eigenvalue weighted by molar-refractivity contribution is 0.00997. The van der Waals surface area contributed by atoms with E-state index in [1.54, 1.807) is 0 Å². The van der Waals surface area contributed by atoms with Crippen LogP contribution in [0, 0.1) is 11.3 Å². The molecule has 0 amide bonds. The van der Waals surface area contributed by atoms with Gasteiger partial charge >= 0.3 is 0 Å². The van der Waals surface area contributed by atoms with E-state index in [9.17, 15) is 0 Å². The first-order chi connectivity index (χ1) is 5.33. The van der Waals surface area contributed by atoms with Gasteiger partial charge in [0.15, 0.2) is 0 Å². The molecular formula is C8H14N2O. The van der Waals surface area contributed by atoms with E-state index < -0.39 is 0 Å². The maximum Gasteiger partial charge on any atom is 0.0952 e. The lowest BCUT2D eigenvalue weighted by Crippen LogP contribution is -2.28. The Balaban J connectivity index is 2.20. The number of nitrogens with zero attached hydrogens (tertiary/aromatic N) is 1. The molecule has 0 saturated carbocycles. The summed E-state index contributed by atoms with van der Waals surface area (Å²) < 4.78 is 5.42. The molecule has 1 aliphatic rings. The highest BCUT2D eigenvalue weighted by atomic mass is 16.5. The summed E-state index contributed by atoms with van der Waals surface area (Å²) in [7, 11) is 0. The quantitative estimate of drug-likeness (QED) is 0.640. The van der Waals surface area contributed by atoms with Gasteiger partial charge in [-0.3, -0.25) is 0 Å². The molecule has 0 aromatic carbocycles. The summed E-state index contributed by atoms with van der Waals surface area (Å²) in [6.07, 6.45) is 4.35. The minimum atomic E-state index is -0.349. The normalized spacial score (nSPS) is 27.5. The molecule has 1 rings (SSSR count). The molecule has 2 atom stereocenters. The second-order valence-electron chi connectivity index (χ2n) is 2.96.